The van der Waals surface area contributed by atoms with Gasteiger partial charge in [-0.05, 0) is 51.0 Å². The number of nitrogens with two attached hydrogens (primary N) is 1. The molecule has 3 N–H and O–H groups in total. The lowest BCUT2D eigenvalue weighted by atomic mass is 10.1. The number of carbonyl (C=O) groups is 1. The smallest absolute Gasteiger partial charge is 0.260 e. The van der Waals surface area contributed by atoms with E-state index in [1.54, 1.807) is 26.8 Å². The second kappa shape index (κ2) is 6.23. The van der Waals surface area contributed by atoms with Crippen LogP contribution in [0.15, 0.2) is 17.0 Å². The van der Waals surface area contributed by atoms with Crippen molar-refractivity contribution in [2.75, 3.05) is 6.54 Å². The number of ether oxygens (including phenoxy) is 1. The van der Waals surface area contributed by atoms with Crippen LogP contribution in [0.4, 0.5) is 0 Å². The Balaban J connectivity index is 3.05. The fourth-order valence-corrected chi connectivity index (χ4v) is 2.61. The minimum Gasteiger partial charge on any atom is -0.481 e. The van der Waals surface area contributed by atoms with Crippen LogP contribution < -0.4 is 15.2 Å². The van der Waals surface area contributed by atoms with Crippen molar-refractivity contribution in [3.63, 3.8) is 0 Å². The van der Waals surface area contributed by atoms with Crippen LogP contribution in [-0.4, -0.2) is 27.0 Å². The van der Waals surface area contributed by atoms with Gasteiger partial charge in [0.1, 0.15) is 5.75 Å². The Hall–Kier alpha value is -1.60. The van der Waals surface area contributed by atoms with Gasteiger partial charge in [-0.2, -0.15) is 0 Å². The molecular formula is C13H20N2O4S. The second-order valence-corrected chi connectivity index (χ2v) is 6.11. The molecule has 0 aromatic heterocycles. The van der Waals surface area contributed by atoms with Gasteiger partial charge in [-0.3, -0.25) is 4.79 Å². The minimum atomic E-state index is -3.76. The summed E-state index contributed by atoms with van der Waals surface area (Å²) in [4.78, 5) is 11.7. The molecule has 0 saturated carbocycles. The maximum absolute atomic E-state index is 11.6. The standard InChI is InChI=1S/C13H20N2O4S/c1-5-15-13(16)10(4)19-11-6-9(3)12(7-8(11)2)20(14,17)18/h6-7,10H,5H2,1-4H3,(H,15,16)(H2,14,17,18). The van der Waals surface area contributed by atoms with E-state index in [2.05, 4.69) is 5.32 Å². The maximum atomic E-state index is 11.6. The van der Waals surface area contributed by atoms with E-state index in [0.29, 0.717) is 23.4 Å². The summed E-state index contributed by atoms with van der Waals surface area (Å²) < 4.78 is 28.4. The van der Waals surface area contributed by atoms with Crippen molar-refractivity contribution in [2.24, 2.45) is 5.14 Å². The molecule has 0 spiro atoms. The topological polar surface area (TPSA) is 98.5 Å². The highest BCUT2D eigenvalue weighted by Crippen LogP contribution is 2.26. The number of likely N-dealkylation sites (N-methyl/N-ethyl adjacent to an activating group) is 1. The first kappa shape index (κ1) is 16.5. The Labute approximate surface area is 119 Å². The number of sulfonamides is 1. The first-order chi connectivity index (χ1) is 9.16. The normalized spacial score (nSPS) is 12.8. The van der Waals surface area contributed by atoms with E-state index in [4.69, 9.17) is 9.88 Å². The van der Waals surface area contributed by atoms with Crippen LogP contribution in [0.1, 0.15) is 25.0 Å². The lowest BCUT2D eigenvalue weighted by Gasteiger charge is -2.17. The van der Waals surface area contributed by atoms with E-state index in [1.165, 1.54) is 6.07 Å². The second-order valence-electron chi connectivity index (χ2n) is 4.58. The quantitative estimate of drug-likeness (QED) is 0.842. The van der Waals surface area contributed by atoms with Crippen molar-refractivity contribution in [1.82, 2.24) is 5.32 Å². The molecule has 1 unspecified atom stereocenters. The number of nitrogens with one attached hydrogen (secondary N) is 1. The van der Waals surface area contributed by atoms with Gasteiger partial charge in [-0.15, -0.1) is 0 Å². The van der Waals surface area contributed by atoms with E-state index in [9.17, 15) is 13.2 Å². The lowest BCUT2D eigenvalue weighted by Crippen LogP contribution is -2.36. The van der Waals surface area contributed by atoms with Crippen molar-refractivity contribution >= 4 is 15.9 Å². The molecule has 0 fully saturated rings. The van der Waals surface area contributed by atoms with Gasteiger partial charge in [-0.25, -0.2) is 13.6 Å². The average molecular weight is 300 g/mol. The van der Waals surface area contributed by atoms with Gasteiger partial charge >= 0.3 is 0 Å². The fourth-order valence-electron chi connectivity index (χ4n) is 1.76. The average Bonchev–Trinajstić information content (AvgIpc) is 2.32. The Kier molecular flexibility index (Phi) is 5.13. The molecule has 6 nitrogen and oxygen atoms in total. The van der Waals surface area contributed by atoms with Gasteiger partial charge in [0, 0.05) is 6.54 Å². The molecule has 0 heterocycles. The highest BCUT2D eigenvalue weighted by molar-refractivity contribution is 7.89. The third-order valence-electron chi connectivity index (χ3n) is 2.80. The summed E-state index contributed by atoms with van der Waals surface area (Å²) in [6.45, 7) is 7.31. The Morgan fingerprint density at radius 1 is 1.35 bits per heavy atom. The maximum Gasteiger partial charge on any atom is 0.260 e. The first-order valence-electron chi connectivity index (χ1n) is 6.25. The summed E-state index contributed by atoms with van der Waals surface area (Å²) in [5.74, 6) is 0.244. The number of carbonyl (C=O) groups excluding carboxylic acids is 1. The van der Waals surface area contributed by atoms with Crippen LogP contribution in [0.5, 0.6) is 5.75 Å². The van der Waals surface area contributed by atoms with Crippen molar-refractivity contribution < 1.29 is 17.9 Å². The predicted octanol–water partition coefficient (Wildman–Crippen LogP) is 0.854. The highest BCUT2D eigenvalue weighted by atomic mass is 32.2. The van der Waals surface area contributed by atoms with Crippen LogP contribution in [0, 0.1) is 13.8 Å². The van der Waals surface area contributed by atoms with Gasteiger partial charge in [0.05, 0.1) is 4.90 Å². The number of amides is 1. The zero-order valence-electron chi connectivity index (χ0n) is 12.1. The molecule has 0 saturated heterocycles. The summed E-state index contributed by atoms with van der Waals surface area (Å²) in [7, 11) is -3.76. The molecule has 20 heavy (non-hydrogen) atoms. The van der Waals surface area contributed by atoms with Crippen LogP contribution >= 0.6 is 0 Å². The predicted molar refractivity (Wildman–Crippen MR) is 76.1 cm³/mol. The Bertz CT molecular complexity index is 611. The van der Waals surface area contributed by atoms with Crippen molar-refractivity contribution in [1.29, 1.82) is 0 Å². The fraction of sp³-hybridized carbons (Fsp3) is 0.462. The molecular weight excluding hydrogens is 280 g/mol. The number of primary sulfonamides is 1. The van der Waals surface area contributed by atoms with E-state index in [0.717, 1.165) is 0 Å². The molecule has 0 radical (unpaired) electrons. The van der Waals surface area contributed by atoms with Crippen molar-refractivity contribution in [3.05, 3.63) is 23.3 Å². The number of hydrogen-bond donors (Lipinski definition) is 2. The molecule has 1 aromatic rings. The molecule has 112 valence electrons. The van der Waals surface area contributed by atoms with Gasteiger partial charge in [0.25, 0.3) is 5.91 Å². The molecule has 0 aliphatic carbocycles. The number of rotatable bonds is 5. The molecule has 7 heteroatoms. The van der Waals surface area contributed by atoms with E-state index < -0.39 is 16.1 Å². The van der Waals surface area contributed by atoms with Gasteiger partial charge in [-0.1, -0.05) is 0 Å². The molecule has 1 aromatic carbocycles. The first-order valence-corrected chi connectivity index (χ1v) is 7.79. The monoisotopic (exact) mass is 300 g/mol. The molecule has 1 rings (SSSR count). The summed E-state index contributed by atoms with van der Waals surface area (Å²) in [5.41, 5.74) is 1.09. The van der Waals surface area contributed by atoms with E-state index in [-0.39, 0.29) is 10.8 Å². The number of aryl methyl sites for hydroxylation is 2. The Morgan fingerprint density at radius 3 is 2.45 bits per heavy atom. The summed E-state index contributed by atoms with van der Waals surface area (Å²) in [5, 5.41) is 7.79. The van der Waals surface area contributed by atoms with Crippen LogP contribution in [0.2, 0.25) is 0 Å². The van der Waals surface area contributed by atoms with Crippen LogP contribution in [0.3, 0.4) is 0 Å². The molecule has 0 aliphatic rings. The minimum absolute atomic E-state index is 0.0630. The zero-order valence-corrected chi connectivity index (χ0v) is 12.9. The molecule has 1 amide bonds. The highest BCUT2D eigenvalue weighted by Gasteiger charge is 2.18. The van der Waals surface area contributed by atoms with Crippen molar-refractivity contribution in [2.45, 2.75) is 38.7 Å². The third-order valence-corrected chi connectivity index (χ3v) is 3.86. The van der Waals surface area contributed by atoms with Gasteiger partial charge in [0.2, 0.25) is 10.0 Å². The van der Waals surface area contributed by atoms with E-state index >= 15 is 0 Å². The lowest BCUT2D eigenvalue weighted by molar-refractivity contribution is -0.127. The van der Waals surface area contributed by atoms with Crippen LogP contribution in [0.25, 0.3) is 0 Å². The zero-order chi connectivity index (χ0) is 15.5. The largest absolute Gasteiger partial charge is 0.481 e. The summed E-state index contributed by atoms with van der Waals surface area (Å²) >= 11 is 0. The Morgan fingerprint density at radius 2 is 1.95 bits per heavy atom. The number of benzene rings is 1. The SMILES string of the molecule is CCNC(=O)C(C)Oc1cc(C)c(S(N)(=O)=O)cc1C. The number of hydrogen-bond acceptors (Lipinski definition) is 4. The molecule has 0 bridgehead atoms. The molecule has 1 atom stereocenters. The van der Waals surface area contributed by atoms with E-state index in [1.807, 2.05) is 6.92 Å². The van der Waals surface area contributed by atoms with Crippen molar-refractivity contribution in [3.8, 4) is 5.75 Å². The summed E-state index contributed by atoms with van der Waals surface area (Å²) in [6.07, 6.45) is -0.659. The summed E-state index contributed by atoms with van der Waals surface area (Å²) in [6, 6.07) is 3.02. The van der Waals surface area contributed by atoms with Gasteiger partial charge < -0.3 is 10.1 Å². The molecule has 0 aliphatic heterocycles. The third kappa shape index (κ3) is 3.94. The van der Waals surface area contributed by atoms with Crippen LogP contribution in [-0.2, 0) is 14.8 Å². The van der Waals surface area contributed by atoms with Gasteiger partial charge in [0.15, 0.2) is 6.10 Å².